The van der Waals surface area contributed by atoms with Gasteiger partial charge in [-0.15, -0.1) is 0 Å². The molecule has 0 aliphatic heterocycles. The van der Waals surface area contributed by atoms with E-state index in [0.717, 1.165) is 30.8 Å². The summed E-state index contributed by atoms with van der Waals surface area (Å²) >= 11 is 0. The fourth-order valence-electron chi connectivity index (χ4n) is 1.86. The highest BCUT2D eigenvalue weighted by Crippen LogP contribution is 2.17. The van der Waals surface area contributed by atoms with Crippen LogP contribution in [0.15, 0.2) is 24.3 Å². The molecule has 0 aliphatic carbocycles. The normalized spacial score (nSPS) is 10.2. The molecule has 0 amide bonds. The molecule has 2 N–H and O–H groups in total. The van der Waals surface area contributed by atoms with Gasteiger partial charge >= 0.3 is 5.97 Å². The van der Waals surface area contributed by atoms with Gasteiger partial charge in [0.1, 0.15) is 0 Å². The summed E-state index contributed by atoms with van der Waals surface area (Å²) in [6, 6.07) is 7.77. The van der Waals surface area contributed by atoms with Crippen molar-refractivity contribution in [3.8, 4) is 0 Å². The van der Waals surface area contributed by atoms with E-state index in [1.807, 2.05) is 31.2 Å². The van der Waals surface area contributed by atoms with Crippen LogP contribution in [-0.2, 0) is 9.53 Å². The zero-order valence-corrected chi connectivity index (χ0v) is 11.9. The largest absolute Gasteiger partial charge is 0.466 e. The summed E-state index contributed by atoms with van der Waals surface area (Å²) in [5, 5.41) is 0. The maximum absolute atomic E-state index is 11.4. The first kappa shape index (κ1) is 15.3. The van der Waals surface area contributed by atoms with Crippen molar-refractivity contribution in [2.75, 3.05) is 30.3 Å². The van der Waals surface area contributed by atoms with Gasteiger partial charge in [-0.1, -0.05) is 13.3 Å². The van der Waals surface area contributed by atoms with Gasteiger partial charge in [-0.25, -0.2) is 0 Å². The molecule has 0 unspecified atom stereocenters. The molecular formula is C15H24N2O2. The lowest BCUT2D eigenvalue weighted by Crippen LogP contribution is -2.27. The van der Waals surface area contributed by atoms with Gasteiger partial charge in [-0.3, -0.25) is 4.79 Å². The number of anilines is 2. The van der Waals surface area contributed by atoms with Crippen molar-refractivity contribution in [3.63, 3.8) is 0 Å². The number of benzene rings is 1. The Labute approximate surface area is 115 Å². The van der Waals surface area contributed by atoms with Crippen LogP contribution < -0.4 is 10.6 Å². The Kier molecular flexibility index (Phi) is 6.79. The molecule has 0 radical (unpaired) electrons. The predicted octanol–water partition coefficient (Wildman–Crippen LogP) is 2.83. The van der Waals surface area contributed by atoms with Crippen LogP contribution >= 0.6 is 0 Å². The van der Waals surface area contributed by atoms with E-state index in [2.05, 4.69) is 11.8 Å². The molecule has 0 bridgehead atoms. The van der Waals surface area contributed by atoms with Crippen molar-refractivity contribution in [1.29, 1.82) is 0 Å². The molecule has 4 nitrogen and oxygen atoms in total. The van der Waals surface area contributed by atoms with Crippen LogP contribution in [-0.4, -0.2) is 25.7 Å². The fraction of sp³-hybridized carbons (Fsp3) is 0.533. The molecule has 1 aromatic carbocycles. The molecule has 1 aromatic rings. The molecule has 0 saturated carbocycles. The monoisotopic (exact) mass is 264 g/mol. The second-order valence-corrected chi connectivity index (χ2v) is 4.49. The topological polar surface area (TPSA) is 55.6 Å². The molecule has 19 heavy (non-hydrogen) atoms. The lowest BCUT2D eigenvalue weighted by molar-refractivity contribution is -0.142. The third-order valence-corrected chi connectivity index (χ3v) is 2.93. The Morgan fingerprint density at radius 1 is 1.21 bits per heavy atom. The highest BCUT2D eigenvalue weighted by molar-refractivity contribution is 5.70. The SMILES string of the molecule is CCCCN(CCC(=O)OCC)c1ccc(N)cc1. The number of rotatable bonds is 8. The molecule has 0 saturated heterocycles. The summed E-state index contributed by atoms with van der Waals surface area (Å²) in [6.07, 6.45) is 2.65. The van der Waals surface area contributed by atoms with Gasteiger partial charge in [0.05, 0.1) is 13.0 Å². The van der Waals surface area contributed by atoms with E-state index in [0.29, 0.717) is 19.6 Å². The molecule has 106 valence electrons. The van der Waals surface area contributed by atoms with Crippen molar-refractivity contribution in [2.24, 2.45) is 0 Å². The van der Waals surface area contributed by atoms with E-state index < -0.39 is 0 Å². The summed E-state index contributed by atoms with van der Waals surface area (Å²) in [5.74, 6) is -0.139. The highest BCUT2D eigenvalue weighted by atomic mass is 16.5. The first-order chi connectivity index (χ1) is 9.17. The molecule has 0 aliphatic rings. The molecule has 0 atom stereocenters. The van der Waals surface area contributed by atoms with Crippen molar-refractivity contribution >= 4 is 17.3 Å². The summed E-state index contributed by atoms with van der Waals surface area (Å²) in [6.45, 7) is 6.05. The van der Waals surface area contributed by atoms with Crippen molar-refractivity contribution < 1.29 is 9.53 Å². The fourth-order valence-corrected chi connectivity index (χ4v) is 1.86. The summed E-state index contributed by atoms with van der Waals surface area (Å²) in [5.41, 5.74) is 7.55. The molecule has 0 heterocycles. The third-order valence-electron chi connectivity index (χ3n) is 2.93. The Bertz CT molecular complexity index is 376. The van der Waals surface area contributed by atoms with Gasteiger partial charge in [-0.2, -0.15) is 0 Å². The Morgan fingerprint density at radius 2 is 1.89 bits per heavy atom. The number of carbonyl (C=O) groups is 1. The van der Waals surface area contributed by atoms with Crippen molar-refractivity contribution in [3.05, 3.63) is 24.3 Å². The van der Waals surface area contributed by atoms with Crippen LogP contribution in [0.5, 0.6) is 0 Å². The van der Waals surface area contributed by atoms with Crippen LogP contribution in [0, 0.1) is 0 Å². The molecule has 1 rings (SSSR count). The van der Waals surface area contributed by atoms with Gasteiger partial charge < -0.3 is 15.4 Å². The van der Waals surface area contributed by atoms with E-state index in [-0.39, 0.29) is 5.97 Å². The minimum Gasteiger partial charge on any atom is -0.466 e. The minimum atomic E-state index is -0.139. The number of nitrogens with two attached hydrogens (primary N) is 1. The van der Waals surface area contributed by atoms with Crippen LogP contribution in [0.1, 0.15) is 33.1 Å². The standard InChI is InChI=1S/C15H24N2O2/c1-3-5-11-17(12-10-15(18)19-4-2)14-8-6-13(16)7-9-14/h6-9H,3-5,10-12,16H2,1-2H3. The number of carbonyl (C=O) groups excluding carboxylic acids is 1. The van der Waals surface area contributed by atoms with Crippen LogP contribution in [0.4, 0.5) is 11.4 Å². The number of esters is 1. The van der Waals surface area contributed by atoms with E-state index in [1.165, 1.54) is 0 Å². The maximum atomic E-state index is 11.4. The number of nitrogens with zero attached hydrogens (tertiary/aromatic N) is 1. The maximum Gasteiger partial charge on any atom is 0.307 e. The van der Waals surface area contributed by atoms with Gasteiger partial charge in [0, 0.05) is 24.5 Å². The van der Waals surface area contributed by atoms with Crippen LogP contribution in [0.3, 0.4) is 0 Å². The lowest BCUT2D eigenvalue weighted by atomic mass is 10.2. The van der Waals surface area contributed by atoms with E-state index in [9.17, 15) is 4.79 Å². The van der Waals surface area contributed by atoms with E-state index in [4.69, 9.17) is 10.5 Å². The number of nitrogen functional groups attached to an aromatic ring is 1. The van der Waals surface area contributed by atoms with Crippen LogP contribution in [0.2, 0.25) is 0 Å². The molecule has 0 spiro atoms. The van der Waals surface area contributed by atoms with Crippen molar-refractivity contribution in [1.82, 2.24) is 0 Å². The average molecular weight is 264 g/mol. The zero-order chi connectivity index (χ0) is 14.1. The predicted molar refractivity (Wildman–Crippen MR) is 79.2 cm³/mol. The highest BCUT2D eigenvalue weighted by Gasteiger charge is 2.09. The quantitative estimate of drug-likeness (QED) is 0.579. The third kappa shape index (κ3) is 5.64. The molecule has 0 aromatic heterocycles. The Morgan fingerprint density at radius 3 is 2.47 bits per heavy atom. The zero-order valence-electron chi connectivity index (χ0n) is 11.9. The van der Waals surface area contributed by atoms with Gasteiger partial charge in [-0.05, 0) is 37.6 Å². The summed E-state index contributed by atoms with van der Waals surface area (Å²) < 4.78 is 4.97. The second-order valence-electron chi connectivity index (χ2n) is 4.49. The van der Waals surface area contributed by atoms with E-state index >= 15 is 0 Å². The molecular weight excluding hydrogens is 240 g/mol. The number of ether oxygens (including phenoxy) is 1. The Balaban J connectivity index is 2.60. The number of hydrogen-bond acceptors (Lipinski definition) is 4. The first-order valence-corrected chi connectivity index (χ1v) is 6.93. The van der Waals surface area contributed by atoms with Gasteiger partial charge in [0.25, 0.3) is 0 Å². The smallest absolute Gasteiger partial charge is 0.307 e. The minimum absolute atomic E-state index is 0.139. The molecule has 0 fully saturated rings. The van der Waals surface area contributed by atoms with Gasteiger partial charge in [0.15, 0.2) is 0 Å². The lowest BCUT2D eigenvalue weighted by Gasteiger charge is -2.24. The summed E-state index contributed by atoms with van der Waals surface area (Å²) in [7, 11) is 0. The van der Waals surface area contributed by atoms with Gasteiger partial charge in [0.2, 0.25) is 0 Å². The van der Waals surface area contributed by atoms with Crippen molar-refractivity contribution in [2.45, 2.75) is 33.1 Å². The average Bonchev–Trinajstić information content (AvgIpc) is 2.40. The summed E-state index contributed by atoms with van der Waals surface area (Å²) in [4.78, 5) is 13.6. The number of hydrogen-bond donors (Lipinski definition) is 1. The first-order valence-electron chi connectivity index (χ1n) is 6.93. The van der Waals surface area contributed by atoms with Crippen LogP contribution in [0.25, 0.3) is 0 Å². The second kappa shape index (κ2) is 8.40. The number of unbranched alkanes of at least 4 members (excludes halogenated alkanes) is 1. The molecule has 4 heteroatoms. The van der Waals surface area contributed by atoms with E-state index in [1.54, 1.807) is 0 Å². The Hall–Kier alpha value is -1.71.